The van der Waals surface area contributed by atoms with Crippen molar-refractivity contribution in [1.29, 1.82) is 0 Å². The van der Waals surface area contributed by atoms with Crippen LogP contribution in [0.4, 0.5) is 19.0 Å². The largest absolute Gasteiger partial charge is 0.417 e. The highest BCUT2D eigenvalue weighted by Crippen LogP contribution is 2.36. The molecule has 0 saturated heterocycles. The van der Waals surface area contributed by atoms with Gasteiger partial charge in [-0.2, -0.15) is 13.2 Å². The maximum atomic E-state index is 12.4. The molecule has 1 heterocycles. The Hall–Kier alpha value is -1.01. The van der Waals surface area contributed by atoms with Gasteiger partial charge in [0.1, 0.15) is 5.82 Å². The molecule has 7 heteroatoms. The summed E-state index contributed by atoms with van der Waals surface area (Å²) in [5, 5.41) is 2.96. The Morgan fingerprint density at radius 1 is 1.50 bits per heavy atom. The van der Waals surface area contributed by atoms with Crippen molar-refractivity contribution >= 4 is 17.4 Å². The van der Waals surface area contributed by atoms with Crippen molar-refractivity contribution in [3.05, 3.63) is 22.8 Å². The molecule has 18 heavy (non-hydrogen) atoms. The van der Waals surface area contributed by atoms with E-state index in [0.29, 0.717) is 12.5 Å². The Balaban J connectivity index is 2.14. The summed E-state index contributed by atoms with van der Waals surface area (Å²) in [6, 6.07) is 0.893. The number of alkyl halides is 3. The second-order valence-corrected chi connectivity index (χ2v) is 4.78. The number of nitrogens with zero attached hydrogens (tertiary/aromatic N) is 1. The van der Waals surface area contributed by atoms with Crippen molar-refractivity contribution in [3.8, 4) is 0 Å². The van der Waals surface area contributed by atoms with Gasteiger partial charge in [-0.3, -0.25) is 0 Å². The molecule has 1 aromatic rings. The minimum Gasteiger partial charge on any atom is -0.365 e. The molecule has 0 amide bonds. The van der Waals surface area contributed by atoms with Crippen LogP contribution in [0.15, 0.2) is 12.3 Å². The van der Waals surface area contributed by atoms with E-state index in [1.165, 1.54) is 0 Å². The summed E-state index contributed by atoms with van der Waals surface area (Å²) in [6.45, 7) is 0.406. The Morgan fingerprint density at radius 3 is 2.61 bits per heavy atom. The van der Waals surface area contributed by atoms with Gasteiger partial charge >= 0.3 is 6.18 Å². The number of nitrogens with one attached hydrogen (secondary N) is 1. The van der Waals surface area contributed by atoms with E-state index in [1.807, 2.05) is 0 Å². The second-order valence-electron chi connectivity index (χ2n) is 4.38. The maximum Gasteiger partial charge on any atom is 0.417 e. The van der Waals surface area contributed by atoms with Gasteiger partial charge in [0.25, 0.3) is 0 Å². The van der Waals surface area contributed by atoms with Gasteiger partial charge in [-0.1, -0.05) is 11.6 Å². The molecule has 0 bridgehead atoms. The average molecular weight is 280 g/mol. The number of aromatic nitrogens is 1. The third-order valence-corrected chi connectivity index (χ3v) is 3.22. The van der Waals surface area contributed by atoms with E-state index in [1.54, 1.807) is 0 Å². The molecule has 3 nitrogen and oxygen atoms in total. The zero-order valence-electron chi connectivity index (χ0n) is 9.47. The van der Waals surface area contributed by atoms with Crippen LogP contribution in [0.2, 0.25) is 5.02 Å². The zero-order valence-corrected chi connectivity index (χ0v) is 10.2. The van der Waals surface area contributed by atoms with Crippen LogP contribution in [-0.2, 0) is 6.18 Å². The lowest BCUT2D eigenvalue weighted by Gasteiger charge is -2.18. The molecule has 1 fully saturated rings. The van der Waals surface area contributed by atoms with Crippen molar-refractivity contribution in [2.45, 2.75) is 25.1 Å². The topological polar surface area (TPSA) is 50.9 Å². The predicted octanol–water partition coefficient (Wildman–Crippen LogP) is 2.90. The maximum absolute atomic E-state index is 12.4. The highest BCUT2D eigenvalue weighted by molar-refractivity contribution is 6.33. The molecule has 0 spiro atoms. The summed E-state index contributed by atoms with van der Waals surface area (Å²) < 4.78 is 37.3. The predicted molar refractivity (Wildman–Crippen MR) is 63.4 cm³/mol. The molecule has 100 valence electrons. The van der Waals surface area contributed by atoms with Crippen LogP contribution in [0, 0.1) is 5.92 Å². The highest BCUT2D eigenvalue weighted by atomic mass is 35.5. The lowest BCUT2D eigenvalue weighted by molar-refractivity contribution is -0.137. The van der Waals surface area contributed by atoms with E-state index < -0.39 is 11.7 Å². The van der Waals surface area contributed by atoms with Crippen LogP contribution in [0.5, 0.6) is 0 Å². The number of hydrogen-bond donors (Lipinski definition) is 2. The van der Waals surface area contributed by atoms with Crippen molar-refractivity contribution in [3.63, 3.8) is 0 Å². The van der Waals surface area contributed by atoms with Gasteiger partial charge in [0.05, 0.1) is 10.6 Å². The zero-order chi connectivity index (χ0) is 13.3. The first-order chi connectivity index (χ1) is 8.41. The molecule has 1 atom stereocenters. The fourth-order valence-electron chi connectivity index (χ4n) is 1.74. The fraction of sp³-hybridized carbons (Fsp3) is 0.545. The monoisotopic (exact) mass is 279 g/mol. The van der Waals surface area contributed by atoms with Crippen LogP contribution in [0.3, 0.4) is 0 Å². The normalized spacial score (nSPS) is 17.6. The Labute approximate surface area is 108 Å². The summed E-state index contributed by atoms with van der Waals surface area (Å²) in [5.41, 5.74) is 4.74. The molecule has 3 N–H and O–H groups in total. The Kier molecular flexibility index (Phi) is 3.68. The summed E-state index contributed by atoms with van der Waals surface area (Å²) in [5.74, 6) is 0.724. The first-order valence-electron chi connectivity index (χ1n) is 5.61. The Bertz CT molecular complexity index is 432. The van der Waals surface area contributed by atoms with Crippen molar-refractivity contribution in [1.82, 2.24) is 4.98 Å². The molecule has 0 aromatic carbocycles. The summed E-state index contributed by atoms with van der Waals surface area (Å²) in [6.07, 6.45) is -1.51. The minimum absolute atomic E-state index is 0.0201. The quantitative estimate of drug-likeness (QED) is 0.891. The van der Waals surface area contributed by atoms with E-state index in [-0.39, 0.29) is 16.9 Å². The number of pyridine rings is 1. The van der Waals surface area contributed by atoms with E-state index >= 15 is 0 Å². The van der Waals surface area contributed by atoms with Crippen LogP contribution < -0.4 is 11.1 Å². The third-order valence-electron chi connectivity index (χ3n) is 2.94. The number of nitrogens with two attached hydrogens (primary N) is 1. The SMILES string of the molecule is NCC(Nc1ncc(C(F)(F)F)cc1Cl)C1CC1. The Morgan fingerprint density at radius 2 is 2.17 bits per heavy atom. The number of halogens is 4. The molecular weight excluding hydrogens is 267 g/mol. The molecule has 1 aromatic heterocycles. The van der Waals surface area contributed by atoms with Crippen molar-refractivity contribution in [2.75, 3.05) is 11.9 Å². The lowest BCUT2D eigenvalue weighted by atomic mass is 10.2. The van der Waals surface area contributed by atoms with Gasteiger partial charge in [-0.15, -0.1) is 0 Å². The lowest BCUT2D eigenvalue weighted by Crippen LogP contribution is -2.31. The average Bonchev–Trinajstić information content (AvgIpc) is 3.10. The molecule has 0 radical (unpaired) electrons. The van der Waals surface area contributed by atoms with Crippen LogP contribution in [0.25, 0.3) is 0 Å². The number of rotatable bonds is 4. The van der Waals surface area contributed by atoms with E-state index in [4.69, 9.17) is 17.3 Å². The molecule has 1 saturated carbocycles. The minimum atomic E-state index is -4.43. The van der Waals surface area contributed by atoms with Crippen LogP contribution in [0.1, 0.15) is 18.4 Å². The highest BCUT2D eigenvalue weighted by Gasteiger charge is 2.33. The van der Waals surface area contributed by atoms with E-state index in [0.717, 1.165) is 25.1 Å². The van der Waals surface area contributed by atoms with Crippen molar-refractivity contribution in [2.24, 2.45) is 11.7 Å². The van der Waals surface area contributed by atoms with Gasteiger partial charge in [-0.25, -0.2) is 4.98 Å². The van der Waals surface area contributed by atoms with Crippen LogP contribution in [-0.4, -0.2) is 17.6 Å². The summed E-state index contributed by atoms with van der Waals surface area (Å²) in [4.78, 5) is 3.72. The van der Waals surface area contributed by atoms with E-state index in [2.05, 4.69) is 10.3 Å². The van der Waals surface area contributed by atoms with Gasteiger partial charge in [0, 0.05) is 18.8 Å². The van der Waals surface area contributed by atoms with E-state index in [9.17, 15) is 13.2 Å². The molecule has 2 rings (SSSR count). The van der Waals surface area contributed by atoms with Gasteiger partial charge in [0.15, 0.2) is 0 Å². The third kappa shape index (κ3) is 3.05. The van der Waals surface area contributed by atoms with Gasteiger partial charge < -0.3 is 11.1 Å². The summed E-state index contributed by atoms with van der Waals surface area (Å²) in [7, 11) is 0. The van der Waals surface area contributed by atoms with Crippen molar-refractivity contribution < 1.29 is 13.2 Å². The first kappa shape index (κ1) is 13.4. The number of hydrogen-bond acceptors (Lipinski definition) is 3. The second kappa shape index (κ2) is 4.93. The fourth-order valence-corrected chi connectivity index (χ4v) is 1.96. The summed E-state index contributed by atoms with van der Waals surface area (Å²) >= 11 is 5.80. The van der Waals surface area contributed by atoms with Gasteiger partial charge in [0.2, 0.25) is 0 Å². The first-order valence-corrected chi connectivity index (χ1v) is 5.99. The molecule has 0 aliphatic heterocycles. The molecular formula is C11H13ClF3N3. The molecule has 1 aliphatic carbocycles. The van der Waals surface area contributed by atoms with Crippen LogP contribution >= 0.6 is 11.6 Å². The molecule has 1 aliphatic rings. The standard InChI is InChI=1S/C11H13ClF3N3/c12-8-3-7(11(13,14)15)5-17-10(8)18-9(4-16)6-1-2-6/h3,5-6,9H,1-2,4,16H2,(H,17,18). The molecule has 1 unspecified atom stereocenters. The van der Waals surface area contributed by atoms with Gasteiger partial charge in [-0.05, 0) is 24.8 Å². The number of anilines is 1. The smallest absolute Gasteiger partial charge is 0.365 e.